The molecular formula is C24H18ClN5O2S. The van der Waals surface area contributed by atoms with Crippen molar-refractivity contribution in [1.29, 1.82) is 0 Å². The number of rotatable bonds is 4. The molecule has 0 atom stereocenters. The number of aryl methyl sites for hydroxylation is 1. The quantitative estimate of drug-likeness (QED) is 0.374. The van der Waals surface area contributed by atoms with Gasteiger partial charge in [0.25, 0.3) is 0 Å². The average molecular weight is 476 g/mol. The minimum atomic E-state index is -3.99. The van der Waals surface area contributed by atoms with Gasteiger partial charge in [0, 0.05) is 5.02 Å². The van der Waals surface area contributed by atoms with E-state index in [2.05, 4.69) is 15.1 Å². The molecule has 0 aliphatic heterocycles. The molecule has 0 saturated carbocycles. The van der Waals surface area contributed by atoms with Gasteiger partial charge in [0.05, 0.1) is 22.1 Å². The molecular weight excluding hydrogens is 458 g/mol. The molecule has 2 aromatic heterocycles. The van der Waals surface area contributed by atoms with E-state index in [0.29, 0.717) is 16.1 Å². The molecule has 0 saturated heterocycles. The van der Waals surface area contributed by atoms with E-state index < -0.39 is 9.84 Å². The SMILES string of the molecule is Cc1cccc(S(=O)(=O)c2c(N)n(/N=C\c3ccc(Cl)cc3)c3nc4ccccc4nc23)c1. The number of anilines is 1. The average Bonchev–Trinajstić information content (AvgIpc) is 3.08. The first-order valence-electron chi connectivity index (χ1n) is 10.0. The molecule has 2 N–H and O–H groups in total. The van der Waals surface area contributed by atoms with E-state index in [-0.39, 0.29) is 26.8 Å². The predicted molar refractivity (Wildman–Crippen MR) is 131 cm³/mol. The van der Waals surface area contributed by atoms with Crippen molar-refractivity contribution in [3.8, 4) is 0 Å². The molecule has 9 heteroatoms. The Morgan fingerprint density at radius 3 is 2.36 bits per heavy atom. The van der Waals surface area contributed by atoms with Crippen molar-refractivity contribution >= 4 is 55.7 Å². The van der Waals surface area contributed by atoms with Gasteiger partial charge in [-0.2, -0.15) is 9.78 Å². The summed E-state index contributed by atoms with van der Waals surface area (Å²) in [4.78, 5) is 9.25. The van der Waals surface area contributed by atoms with Crippen LogP contribution in [0.4, 0.5) is 5.82 Å². The lowest BCUT2D eigenvalue weighted by Crippen LogP contribution is -2.07. The van der Waals surface area contributed by atoms with Crippen molar-refractivity contribution in [3.63, 3.8) is 0 Å². The van der Waals surface area contributed by atoms with Crippen LogP contribution in [-0.4, -0.2) is 29.3 Å². The lowest BCUT2D eigenvalue weighted by atomic mass is 10.2. The summed E-state index contributed by atoms with van der Waals surface area (Å²) in [7, 11) is -3.99. The van der Waals surface area contributed by atoms with E-state index in [1.807, 2.05) is 25.1 Å². The lowest BCUT2D eigenvalue weighted by Gasteiger charge is -2.06. The lowest BCUT2D eigenvalue weighted by molar-refractivity contribution is 0.597. The molecule has 164 valence electrons. The van der Waals surface area contributed by atoms with Crippen LogP contribution in [0.15, 0.2) is 87.7 Å². The zero-order valence-corrected chi connectivity index (χ0v) is 19.0. The molecule has 0 unspecified atom stereocenters. The summed E-state index contributed by atoms with van der Waals surface area (Å²) < 4.78 is 28.6. The molecule has 5 rings (SSSR count). The fourth-order valence-electron chi connectivity index (χ4n) is 3.58. The fraction of sp³-hybridized carbons (Fsp3) is 0.0417. The first-order valence-corrected chi connectivity index (χ1v) is 11.9. The van der Waals surface area contributed by atoms with Gasteiger partial charge in [-0.3, -0.25) is 0 Å². The van der Waals surface area contributed by atoms with E-state index in [1.165, 1.54) is 10.7 Å². The monoisotopic (exact) mass is 475 g/mol. The maximum absolute atomic E-state index is 13.7. The fourth-order valence-corrected chi connectivity index (χ4v) is 5.29. The molecule has 2 heterocycles. The minimum absolute atomic E-state index is 0.0629. The second-order valence-electron chi connectivity index (χ2n) is 7.53. The van der Waals surface area contributed by atoms with Gasteiger partial charge < -0.3 is 5.73 Å². The Hall–Kier alpha value is -3.75. The highest BCUT2D eigenvalue weighted by molar-refractivity contribution is 7.92. The number of sulfone groups is 1. The normalized spacial score (nSPS) is 12.2. The van der Waals surface area contributed by atoms with Crippen LogP contribution in [0, 0.1) is 6.92 Å². The van der Waals surface area contributed by atoms with Crippen molar-refractivity contribution in [3.05, 3.63) is 88.9 Å². The third-order valence-corrected chi connectivity index (χ3v) is 7.26. The highest BCUT2D eigenvalue weighted by atomic mass is 35.5. The molecule has 0 spiro atoms. The van der Waals surface area contributed by atoms with Crippen LogP contribution in [0.3, 0.4) is 0 Å². The number of hydrogen-bond acceptors (Lipinski definition) is 6. The van der Waals surface area contributed by atoms with Gasteiger partial charge in [0.1, 0.15) is 16.2 Å². The van der Waals surface area contributed by atoms with E-state index in [9.17, 15) is 8.42 Å². The van der Waals surface area contributed by atoms with Gasteiger partial charge in [-0.25, -0.2) is 18.4 Å². The molecule has 5 aromatic rings. The van der Waals surface area contributed by atoms with Crippen molar-refractivity contribution in [2.75, 3.05) is 5.73 Å². The summed E-state index contributed by atoms with van der Waals surface area (Å²) in [6, 6.07) is 20.9. The van der Waals surface area contributed by atoms with Crippen molar-refractivity contribution in [2.45, 2.75) is 16.7 Å². The van der Waals surface area contributed by atoms with Gasteiger partial charge >= 0.3 is 0 Å². The Morgan fingerprint density at radius 2 is 1.67 bits per heavy atom. The number of nitrogens with zero attached hydrogens (tertiary/aromatic N) is 4. The van der Waals surface area contributed by atoms with Crippen LogP contribution in [-0.2, 0) is 9.84 Å². The maximum Gasteiger partial charge on any atom is 0.212 e. The standard InChI is InChI=1S/C24H18ClN5O2S/c1-15-5-4-6-18(13-15)33(31,32)22-21-24(29-20-8-3-2-7-19(20)28-21)30(23(22)26)27-14-16-9-11-17(25)12-10-16/h2-14H,26H2,1H3/b27-14-. The molecule has 0 amide bonds. The Bertz CT molecular complexity index is 1660. The number of nitrogens with two attached hydrogens (primary N) is 1. The minimum Gasteiger partial charge on any atom is -0.382 e. The summed E-state index contributed by atoms with van der Waals surface area (Å²) in [5, 5.41) is 5.04. The smallest absolute Gasteiger partial charge is 0.212 e. The predicted octanol–water partition coefficient (Wildman–Crippen LogP) is 4.84. The Morgan fingerprint density at radius 1 is 0.970 bits per heavy atom. The van der Waals surface area contributed by atoms with Crippen LogP contribution >= 0.6 is 11.6 Å². The first-order chi connectivity index (χ1) is 15.8. The molecule has 0 aliphatic rings. The zero-order valence-electron chi connectivity index (χ0n) is 17.5. The van der Waals surface area contributed by atoms with Gasteiger partial charge in [0.15, 0.2) is 5.65 Å². The van der Waals surface area contributed by atoms with Crippen molar-refractivity contribution in [1.82, 2.24) is 14.6 Å². The molecule has 0 fully saturated rings. The molecule has 0 aliphatic carbocycles. The topological polar surface area (TPSA) is 103 Å². The van der Waals surface area contributed by atoms with Crippen LogP contribution in [0.2, 0.25) is 5.02 Å². The molecule has 3 aromatic carbocycles. The van der Waals surface area contributed by atoms with Crippen molar-refractivity contribution < 1.29 is 8.42 Å². The van der Waals surface area contributed by atoms with Gasteiger partial charge in [-0.15, -0.1) is 0 Å². The largest absolute Gasteiger partial charge is 0.382 e. The zero-order chi connectivity index (χ0) is 23.2. The van der Waals surface area contributed by atoms with Crippen LogP contribution < -0.4 is 5.73 Å². The summed E-state index contributed by atoms with van der Waals surface area (Å²) in [6.45, 7) is 1.83. The van der Waals surface area contributed by atoms with Gasteiger partial charge in [-0.1, -0.05) is 48.0 Å². The highest BCUT2D eigenvalue weighted by Crippen LogP contribution is 2.35. The number of nitrogen functional groups attached to an aromatic ring is 1. The van der Waals surface area contributed by atoms with Crippen molar-refractivity contribution in [2.24, 2.45) is 5.10 Å². The molecule has 33 heavy (non-hydrogen) atoms. The van der Waals surface area contributed by atoms with E-state index >= 15 is 0 Å². The van der Waals surface area contributed by atoms with Crippen LogP contribution in [0.5, 0.6) is 0 Å². The Balaban J connectivity index is 1.79. The number of aromatic nitrogens is 3. The van der Waals surface area contributed by atoms with Gasteiger partial charge in [-0.05, 0) is 54.4 Å². The summed E-state index contributed by atoms with van der Waals surface area (Å²) in [6.07, 6.45) is 1.56. The van der Waals surface area contributed by atoms with Gasteiger partial charge in [0.2, 0.25) is 9.84 Å². The highest BCUT2D eigenvalue weighted by Gasteiger charge is 2.30. The summed E-state index contributed by atoms with van der Waals surface area (Å²) in [5.41, 5.74) is 9.56. The third-order valence-electron chi connectivity index (χ3n) is 5.19. The number of benzene rings is 3. The maximum atomic E-state index is 13.7. The molecule has 0 bridgehead atoms. The Labute approximate surface area is 195 Å². The summed E-state index contributed by atoms with van der Waals surface area (Å²) >= 11 is 5.96. The second-order valence-corrected chi connectivity index (χ2v) is 9.85. The Kier molecular flexibility index (Phi) is 5.11. The number of fused-ring (bicyclic) bond motifs is 2. The second kappa shape index (κ2) is 7.99. The van der Waals surface area contributed by atoms with Crippen LogP contribution in [0.1, 0.15) is 11.1 Å². The van der Waals surface area contributed by atoms with E-state index in [0.717, 1.165) is 11.1 Å². The summed E-state index contributed by atoms with van der Waals surface area (Å²) in [5.74, 6) is -0.0629. The first kappa shape index (κ1) is 21.1. The van der Waals surface area contributed by atoms with E-state index in [4.69, 9.17) is 17.3 Å². The molecule has 7 nitrogen and oxygen atoms in total. The molecule has 0 radical (unpaired) electrons. The van der Waals surface area contributed by atoms with Crippen LogP contribution in [0.25, 0.3) is 22.2 Å². The number of hydrogen-bond donors (Lipinski definition) is 1. The third kappa shape index (κ3) is 3.73. The van der Waals surface area contributed by atoms with E-state index in [1.54, 1.807) is 54.7 Å². The number of para-hydroxylation sites is 2. The number of halogens is 1.